The number of nitrogens with two attached hydrogens (primary N) is 2. The first-order chi connectivity index (χ1) is 16.2. The topological polar surface area (TPSA) is 153 Å². The molecule has 11 heteroatoms. The van der Waals surface area contributed by atoms with E-state index in [1.807, 2.05) is 0 Å². The van der Waals surface area contributed by atoms with Gasteiger partial charge in [-0.3, -0.25) is 9.59 Å². The van der Waals surface area contributed by atoms with Gasteiger partial charge in [0, 0.05) is 25.3 Å². The highest BCUT2D eigenvalue weighted by Gasteiger charge is 2.35. The van der Waals surface area contributed by atoms with Crippen LogP contribution in [-0.2, 0) is 4.79 Å². The van der Waals surface area contributed by atoms with Crippen LogP contribution in [0.1, 0.15) is 23.7 Å². The molecule has 3 heterocycles. The number of fused-ring (bicyclic) bond motifs is 2. The van der Waals surface area contributed by atoms with Crippen LogP contribution in [0.15, 0.2) is 35.3 Å². The number of nitrogens with zero attached hydrogens (tertiary/aromatic N) is 2. The van der Waals surface area contributed by atoms with E-state index in [2.05, 4.69) is 5.32 Å². The monoisotopic (exact) mass is 467 g/mol. The number of carbonyl (C=O) groups is 2. The number of nitrogens with one attached hydrogen (secondary N) is 1. The van der Waals surface area contributed by atoms with Crippen LogP contribution in [0.2, 0.25) is 0 Å². The fourth-order valence-corrected chi connectivity index (χ4v) is 4.52. The highest BCUT2D eigenvalue weighted by atomic mass is 19.1. The zero-order chi connectivity index (χ0) is 24.3. The number of carboxylic acids is 1. The summed E-state index contributed by atoms with van der Waals surface area (Å²) >= 11 is 0. The van der Waals surface area contributed by atoms with Gasteiger partial charge in [-0.1, -0.05) is 12.1 Å². The van der Waals surface area contributed by atoms with Crippen molar-refractivity contribution in [3.05, 3.63) is 52.1 Å². The molecule has 2 aliphatic heterocycles. The number of halogens is 1. The van der Waals surface area contributed by atoms with Crippen LogP contribution < -0.4 is 31.8 Å². The molecule has 1 saturated heterocycles. The van der Waals surface area contributed by atoms with Gasteiger partial charge in [-0.25, -0.2) is 9.18 Å². The number of amides is 1. The number of ether oxygens (including phenoxy) is 1. The summed E-state index contributed by atoms with van der Waals surface area (Å²) in [5.74, 6) is -2.22. The number of hydrogen-bond acceptors (Lipinski definition) is 7. The zero-order valence-electron chi connectivity index (χ0n) is 18.2. The van der Waals surface area contributed by atoms with Gasteiger partial charge in [-0.15, -0.1) is 0 Å². The molecule has 34 heavy (non-hydrogen) atoms. The van der Waals surface area contributed by atoms with Crippen molar-refractivity contribution in [3.63, 3.8) is 0 Å². The number of nitrogen functional groups attached to an aromatic ring is 1. The number of pyridine rings is 1. The van der Waals surface area contributed by atoms with Crippen molar-refractivity contribution in [2.75, 3.05) is 23.7 Å². The van der Waals surface area contributed by atoms with Crippen molar-refractivity contribution in [1.82, 2.24) is 9.88 Å². The second-order valence-electron chi connectivity index (χ2n) is 8.47. The summed E-state index contributed by atoms with van der Waals surface area (Å²) in [6.07, 6.45) is 1.74. The fourth-order valence-electron chi connectivity index (χ4n) is 4.52. The third kappa shape index (κ3) is 3.16. The molecule has 0 bridgehead atoms. The van der Waals surface area contributed by atoms with E-state index in [-0.39, 0.29) is 40.8 Å². The lowest BCUT2D eigenvalue weighted by Gasteiger charge is -2.30. The Morgan fingerprint density at radius 2 is 2.06 bits per heavy atom. The minimum Gasteiger partial charge on any atom is -0.477 e. The number of anilines is 2. The van der Waals surface area contributed by atoms with Gasteiger partial charge in [0.2, 0.25) is 11.3 Å². The molecule has 1 unspecified atom stereocenters. The Hall–Kier alpha value is -4.12. The summed E-state index contributed by atoms with van der Waals surface area (Å²) in [5.41, 5.74) is 10.6. The Labute approximate surface area is 192 Å². The lowest BCUT2D eigenvalue weighted by atomic mass is 10.0. The first-order valence-electron chi connectivity index (χ1n) is 10.7. The summed E-state index contributed by atoms with van der Waals surface area (Å²) in [4.78, 5) is 38.5. The Morgan fingerprint density at radius 3 is 2.76 bits per heavy atom. The van der Waals surface area contributed by atoms with E-state index in [9.17, 15) is 19.5 Å². The smallest absolute Gasteiger partial charge is 0.341 e. The van der Waals surface area contributed by atoms with E-state index in [0.717, 1.165) is 0 Å². The molecule has 10 nitrogen and oxygen atoms in total. The quantitative estimate of drug-likeness (QED) is 0.330. The van der Waals surface area contributed by atoms with Gasteiger partial charge in [0.15, 0.2) is 17.3 Å². The van der Waals surface area contributed by atoms with E-state index >= 15 is 4.39 Å². The van der Waals surface area contributed by atoms with Crippen LogP contribution in [-0.4, -0.2) is 46.7 Å². The number of aromatic nitrogens is 1. The van der Waals surface area contributed by atoms with Gasteiger partial charge < -0.3 is 36.1 Å². The molecule has 2 atom stereocenters. The minimum atomic E-state index is -1.45. The molecule has 5 rings (SSSR count). The SMILES string of the molecule is C[C@H](N)C(=O)NC1CCN(c2c(F)c(N)c3c(=O)c(C(=O)O)cn4c3c2Oc2ccccc2-4)C1. The molecule has 1 amide bonds. The third-order valence-corrected chi connectivity index (χ3v) is 6.18. The molecule has 176 valence electrons. The first-order valence-corrected chi connectivity index (χ1v) is 10.7. The Balaban J connectivity index is 1.73. The maximum Gasteiger partial charge on any atom is 0.341 e. The van der Waals surface area contributed by atoms with E-state index in [1.54, 1.807) is 36.1 Å². The van der Waals surface area contributed by atoms with Gasteiger partial charge >= 0.3 is 5.97 Å². The number of carbonyl (C=O) groups excluding carboxylic acids is 1. The second kappa shape index (κ2) is 7.73. The van der Waals surface area contributed by atoms with Crippen LogP contribution in [0, 0.1) is 5.82 Å². The predicted molar refractivity (Wildman–Crippen MR) is 123 cm³/mol. The van der Waals surface area contributed by atoms with Crippen LogP contribution in [0.3, 0.4) is 0 Å². The normalized spacial score (nSPS) is 17.3. The predicted octanol–water partition coefficient (Wildman–Crippen LogP) is 1.56. The summed E-state index contributed by atoms with van der Waals surface area (Å²) in [6.45, 7) is 2.24. The summed E-state index contributed by atoms with van der Waals surface area (Å²) in [6, 6.07) is 5.87. The van der Waals surface area contributed by atoms with Crippen LogP contribution in [0.5, 0.6) is 11.5 Å². The third-order valence-electron chi connectivity index (χ3n) is 6.18. The fraction of sp³-hybridized carbons (Fsp3) is 0.261. The number of rotatable bonds is 4. The van der Waals surface area contributed by atoms with E-state index in [4.69, 9.17) is 16.2 Å². The number of aromatic carboxylic acids is 1. The molecule has 2 aromatic carbocycles. The molecule has 0 saturated carbocycles. The second-order valence-corrected chi connectivity index (χ2v) is 8.47. The van der Waals surface area contributed by atoms with Crippen LogP contribution >= 0.6 is 0 Å². The van der Waals surface area contributed by atoms with Gasteiger partial charge in [-0.05, 0) is 25.5 Å². The number of hydrogen-bond donors (Lipinski definition) is 4. The van der Waals surface area contributed by atoms with E-state index in [1.165, 1.54) is 10.8 Å². The molecule has 6 N–H and O–H groups in total. The van der Waals surface area contributed by atoms with Crippen molar-refractivity contribution in [2.45, 2.75) is 25.4 Å². The Morgan fingerprint density at radius 1 is 1.32 bits per heavy atom. The first kappa shape index (κ1) is 21.7. The standard InChI is InChI=1S/C23H22FN5O5/c1-10(25)22(31)27-11-6-7-28(8-11)19-16(24)17(26)15-18-21(19)34-14-5-3-2-4-13(14)29(18)9-12(20(15)30)23(32)33/h2-5,9-11H,6-8,25-26H2,1H3,(H,27,31)(H,32,33)/t10-,11?/m0/s1. The van der Waals surface area contributed by atoms with Crippen molar-refractivity contribution >= 4 is 34.2 Å². The number of para-hydroxylation sites is 2. The van der Waals surface area contributed by atoms with E-state index < -0.39 is 34.5 Å². The van der Waals surface area contributed by atoms with Crippen LogP contribution in [0.4, 0.5) is 15.8 Å². The largest absolute Gasteiger partial charge is 0.477 e. The maximum atomic E-state index is 15.7. The van der Waals surface area contributed by atoms with E-state index in [0.29, 0.717) is 24.4 Å². The lowest BCUT2D eigenvalue weighted by Crippen LogP contribution is -2.45. The Bertz CT molecular complexity index is 1430. The average Bonchev–Trinajstić information content (AvgIpc) is 3.25. The molecule has 0 spiro atoms. The van der Waals surface area contributed by atoms with Crippen molar-refractivity contribution in [3.8, 4) is 17.2 Å². The highest BCUT2D eigenvalue weighted by Crippen LogP contribution is 2.49. The molecule has 2 aliphatic rings. The number of carboxylic acid groups (broad SMARTS) is 1. The molecular formula is C23H22FN5O5. The van der Waals surface area contributed by atoms with Crippen molar-refractivity contribution in [2.24, 2.45) is 5.73 Å². The van der Waals surface area contributed by atoms with Gasteiger partial charge in [0.25, 0.3) is 0 Å². The molecule has 0 aliphatic carbocycles. The Kier molecular flexibility index (Phi) is 4.94. The molecule has 0 radical (unpaired) electrons. The molecule has 1 aromatic heterocycles. The lowest BCUT2D eigenvalue weighted by molar-refractivity contribution is -0.122. The molecular weight excluding hydrogens is 445 g/mol. The molecule has 3 aromatic rings. The van der Waals surface area contributed by atoms with Gasteiger partial charge in [0.1, 0.15) is 16.8 Å². The van der Waals surface area contributed by atoms with Crippen molar-refractivity contribution in [1.29, 1.82) is 0 Å². The highest BCUT2D eigenvalue weighted by molar-refractivity contribution is 6.05. The maximum absolute atomic E-state index is 15.7. The summed E-state index contributed by atoms with van der Waals surface area (Å²) in [5, 5.41) is 12.2. The minimum absolute atomic E-state index is 0.0493. The number of benzene rings is 2. The average molecular weight is 467 g/mol. The summed E-state index contributed by atoms with van der Waals surface area (Å²) in [7, 11) is 0. The van der Waals surface area contributed by atoms with Crippen molar-refractivity contribution < 1.29 is 23.8 Å². The zero-order valence-corrected chi connectivity index (χ0v) is 18.2. The molecule has 1 fully saturated rings. The summed E-state index contributed by atoms with van der Waals surface area (Å²) < 4.78 is 23.3. The van der Waals surface area contributed by atoms with Gasteiger partial charge in [0.05, 0.1) is 22.8 Å². The van der Waals surface area contributed by atoms with Crippen LogP contribution in [0.25, 0.3) is 16.6 Å². The van der Waals surface area contributed by atoms with Gasteiger partial charge in [-0.2, -0.15) is 0 Å².